The van der Waals surface area contributed by atoms with Crippen LogP contribution in [0.4, 0.5) is 0 Å². The number of nitrogens with zero attached hydrogens (tertiary/aromatic N) is 2. The molecule has 0 radical (unpaired) electrons. The van der Waals surface area contributed by atoms with E-state index in [0.29, 0.717) is 17.9 Å². The fraction of sp³-hybridized carbons (Fsp3) is 0.407. The molecular formula is C27H32N2O4S. The Kier molecular flexibility index (Phi) is 6.67. The van der Waals surface area contributed by atoms with Crippen molar-refractivity contribution in [2.75, 3.05) is 0 Å². The van der Waals surface area contributed by atoms with E-state index in [1.54, 1.807) is 12.1 Å². The third-order valence-corrected chi connectivity index (χ3v) is 7.36. The van der Waals surface area contributed by atoms with Crippen molar-refractivity contribution in [3.8, 4) is 11.6 Å². The monoisotopic (exact) mass is 480 g/mol. The highest BCUT2D eigenvalue weighted by molar-refractivity contribution is 7.75. The molecule has 0 N–H and O–H groups in total. The molecule has 0 amide bonds. The molecule has 0 spiro atoms. The molecule has 0 fully saturated rings. The van der Waals surface area contributed by atoms with Gasteiger partial charge in [0.2, 0.25) is 5.88 Å². The van der Waals surface area contributed by atoms with Gasteiger partial charge in [0.05, 0.1) is 6.20 Å². The van der Waals surface area contributed by atoms with Crippen molar-refractivity contribution < 1.29 is 17.4 Å². The number of ketones is 1. The minimum atomic E-state index is -2.14. The smallest absolute Gasteiger partial charge is 0.371 e. The predicted molar refractivity (Wildman–Crippen MR) is 134 cm³/mol. The van der Waals surface area contributed by atoms with Crippen LogP contribution < -0.4 is 8.37 Å². The SMILES string of the molecule is CCn1ncc(C(=O)c2cc(C)c3c(c2C)C(C)(C)CCC3)c1OS(=O)Oc1ccc(C)cc1. The summed E-state index contributed by atoms with van der Waals surface area (Å²) >= 11 is -2.14. The molecule has 1 unspecified atom stereocenters. The van der Waals surface area contributed by atoms with Crippen molar-refractivity contribution in [1.29, 1.82) is 0 Å². The molecule has 4 rings (SSSR count). The number of benzene rings is 2. The van der Waals surface area contributed by atoms with Crippen LogP contribution in [0.1, 0.15) is 77.4 Å². The molecule has 1 atom stereocenters. The van der Waals surface area contributed by atoms with Gasteiger partial charge in [-0.25, -0.2) is 4.68 Å². The molecule has 7 heteroatoms. The van der Waals surface area contributed by atoms with Crippen LogP contribution in [0.2, 0.25) is 0 Å². The molecule has 34 heavy (non-hydrogen) atoms. The predicted octanol–water partition coefficient (Wildman–Crippen LogP) is 5.71. The number of rotatable bonds is 7. The molecule has 0 saturated carbocycles. The van der Waals surface area contributed by atoms with Crippen LogP contribution in [-0.2, 0) is 29.7 Å². The van der Waals surface area contributed by atoms with Crippen molar-refractivity contribution >= 4 is 17.1 Å². The summed E-state index contributed by atoms with van der Waals surface area (Å²) in [6.07, 6.45) is 4.78. The minimum absolute atomic E-state index is 0.00895. The Morgan fingerprint density at radius 3 is 2.50 bits per heavy atom. The number of hydrogen-bond donors (Lipinski definition) is 0. The summed E-state index contributed by atoms with van der Waals surface area (Å²) in [5, 5.41) is 4.30. The number of hydrogen-bond acceptors (Lipinski definition) is 5. The molecule has 1 aliphatic carbocycles. The highest BCUT2D eigenvalue weighted by atomic mass is 32.2. The molecule has 3 aromatic rings. The molecule has 1 aromatic heterocycles. The van der Waals surface area contributed by atoms with Crippen molar-refractivity contribution in [2.24, 2.45) is 0 Å². The van der Waals surface area contributed by atoms with Crippen LogP contribution in [0.15, 0.2) is 36.5 Å². The lowest BCUT2D eigenvalue weighted by molar-refractivity contribution is 0.103. The molecule has 2 aromatic carbocycles. The summed E-state index contributed by atoms with van der Waals surface area (Å²) in [4.78, 5) is 13.8. The van der Waals surface area contributed by atoms with E-state index < -0.39 is 11.4 Å². The lowest BCUT2D eigenvalue weighted by Gasteiger charge is -2.36. The topological polar surface area (TPSA) is 70.4 Å². The van der Waals surface area contributed by atoms with Gasteiger partial charge in [0.15, 0.2) is 5.78 Å². The average Bonchev–Trinajstić information content (AvgIpc) is 3.19. The van der Waals surface area contributed by atoms with E-state index in [0.717, 1.165) is 36.0 Å². The molecule has 180 valence electrons. The second kappa shape index (κ2) is 9.37. The van der Waals surface area contributed by atoms with Gasteiger partial charge < -0.3 is 8.37 Å². The number of carbonyl (C=O) groups excluding carboxylic acids is 1. The number of aryl methyl sites for hydroxylation is 3. The number of fused-ring (bicyclic) bond motifs is 1. The normalized spacial score (nSPS) is 15.5. The minimum Gasteiger partial charge on any atom is -0.371 e. The van der Waals surface area contributed by atoms with Gasteiger partial charge in [-0.15, -0.1) is 0 Å². The van der Waals surface area contributed by atoms with E-state index in [9.17, 15) is 9.00 Å². The maximum Gasteiger partial charge on any atom is 0.419 e. The van der Waals surface area contributed by atoms with Crippen molar-refractivity contribution in [3.63, 3.8) is 0 Å². The van der Waals surface area contributed by atoms with Crippen LogP contribution in [0, 0.1) is 20.8 Å². The van der Waals surface area contributed by atoms with E-state index >= 15 is 0 Å². The average molecular weight is 481 g/mol. The first-order chi connectivity index (χ1) is 16.1. The fourth-order valence-electron chi connectivity index (χ4n) is 5.02. The molecule has 0 aliphatic heterocycles. The van der Waals surface area contributed by atoms with Crippen LogP contribution in [-0.4, -0.2) is 19.8 Å². The quantitative estimate of drug-likeness (QED) is 0.405. The Balaban J connectivity index is 1.69. The highest BCUT2D eigenvalue weighted by Gasteiger charge is 2.33. The molecule has 6 nitrogen and oxygen atoms in total. The Hall–Kier alpha value is -2.93. The Bertz CT molecular complexity index is 1260. The van der Waals surface area contributed by atoms with Gasteiger partial charge in [0, 0.05) is 12.1 Å². The standard InChI is InChI=1S/C27H32N2O4S/c1-7-29-26(33-34(31)32-20-12-10-17(2)11-13-20)23(16-28-29)25(30)22-15-18(3)21-9-8-14-27(5,6)24(21)19(22)4/h10-13,15-16H,7-9,14H2,1-6H3. The van der Waals surface area contributed by atoms with Gasteiger partial charge in [0.25, 0.3) is 0 Å². The number of aromatic nitrogens is 2. The van der Waals surface area contributed by atoms with Gasteiger partial charge in [0.1, 0.15) is 11.3 Å². The lowest BCUT2D eigenvalue weighted by Crippen LogP contribution is -2.27. The zero-order valence-electron chi connectivity index (χ0n) is 20.7. The second-order valence-electron chi connectivity index (χ2n) is 9.65. The largest absolute Gasteiger partial charge is 0.419 e. The first-order valence-electron chi connectivity index (χ1n) is 11.7. The molecule has 0 saturated heterocycles. The van der Waals surface area contributed by atoms with Crippen LogP contribution in [0.25, 0.3) is 0 Å². The fourth-order valence-corrected chi connectivity index (χ4v) is 5.63. The molecule has 1 heterocycles. The molecule has 0 bridgehead atoms. The third kappa shape index (κ3) is 4.53. The Morgan fingerprint density at radius 1 is 1.12 bits per heavy atom. The lowest BCUT2D eigenvalue weighted by atomic mass is 9.68. The summed E-state index contributed by atoms with van der Waals surface area (Å²) < 4.78 is 25.2. The summed E-state index contributed by atoms with van der Waals surface area (Å²) in [5.41, 5.74) is 6.76. The van der Waals surface area contributed by atoms with Gasteiger partial charge in [-0.1, -0.05) is 31.5 Å². The summed E-state index contributed by atoms with van der Waals surface area (Å²) in [5.74, 6) is 0.376. The maximum absolute atomic E-state index is 13.8. The van der Waals surface area contributed by atoms with Crippen LogP contribution in [0.5, 0.6) is 11.6 Å². The van der Waals surface area contributed by atoms with E-state index in [-0.39, 0.29) is 22.6 Å². The van der Waals surface area contributed by atoms with Crippen LogP contribution in [0.3, 0.4) is 0 Å². The Morgan fingerprint density at radius 2 is 1.82 bits per heavy atom. The third-order valence-electron chi connectivity index (χ3n) is 6.74. The molecule has 1 aliphatic rings. The summed E-state index contributed by atoms with van der Waals surface area (Å²) in [6, 6.07) is 9.15. The van der Waals surface area contributed by atoms with Gasteiger partial charge in [-0.2, -0.15) is 9.31 Å². The second-order valence-corrected chi connectivity index (χ2v) is 10.4. The first kappa shape index (κ1) is 24.2. The first-order valence-corrected chi connectivity index (χ1v) is 12.7. The van der Waals surface area contributed by atoms with E-state index in [1.807, 2.05) is 39.0 Å². The summed E-state index contributed by atoms with van der Waals surface area (Å²) in [7, 11) is 0. The Labute approximate surface area is 204 Å². The van der Waals surface area contributed by atoms with Gasteiger partial charge in [-0.3, -0.25) is 4.79 Å². The van der Waals surface area contributed by atoms with E-state index in [1.165, 1.54) is 22.0 Å². The van der Waals surface area contributed by atoms with E-state index in [4.69, 9.17) is 8.37 Å². The highest BCUT2D eigenvalue weighted by Crippen LogP contribution is 2.42. The summed E-state index contributed by atoms with van der Waals surface area (Å²) in [6.45, 7) is 12.9. The van der Waals surface area contributed by atoms with Crippen molar-refractivity contribution in [3.05, 3.63) is 75.5 Å². The zero-order valence-corrected chi connectivity index (χ0v) is 21.5. The van der Waals surface area contributed by atoms with Crippen molar-refractivity contribution in [1.82, 2.24) is 9.78 Å². The van der Waals surface area contributed by atoms with Crippen LogP contribution >= 0.6 is 0 Å². The number of carbonyl (C=O) groups is 1. The van der Waals surface area contributed by atoms with Gasteiger partial charge in [-0.05, 0) is 92.8 Å². The van der Waals surface area contributed by atoms with Gasteiger partial charge >= 0.3 is 11.4 Å². The van der Waals surface area contributed by atoms with Crippen molar-refractivity contribution in [2.45, 2.75) is 72.8 Å². The maximum atomic E-state index is 13.8. The molecular weight excluding hydrogens is 448 g/mol. The zero-order chi connectivity index (χ0) is 24.6. The van der Waals surface area contributed by atoms with E-state index in [2.05, 4.69) is 25.9 Å².